The van der Waals surface area contributed by atoms with Crippen LogP contribution in [0.15, 0.2) is 219 Å². The van der Waals surface area contributed by atoms with Crippen LogP contribution >= 0.6 is 0 Å². The molecule has 1 spiro atoms. The fourth-order valence-corrected chi connectivity index (χ4v) is 10.2. The van der Waals surface area contributed by atoms with Crippen LogP contribution in [0, 0.1) is 0 Å². The fourth-order valence-electron chi connectivity index (χ4n) is 10.2. The zero-order chi connectivity index (χ0) is 40.5. The van der Waals surface area contributed by atoms with E-state index in [9.17, 15) is 0 Å². The Morgan fingerprint density at radius 1 is 0.475 bits per heavy atom. The van der Waals surface area contributed by atoms with E-state index in [1.165, 1.54) is 38.6 Å². The molecule has 2 aliphatic carbocycles. The van der Waals surface area contributed by atoms with Crippen LogP contribution in [0.1, 0.15) is 27.8 Å². The summed E-state index contributed by atoms with van der Waals surface area (Å²) in [6, 6.07) is 68.2. The number of anilines is 2. The van der Waals surface area contributed by atoms with Gasteiger partial charge in [-0.3, -0.25) is 0 Å². The van der Waals surface area contributed by atoms with Gasteiger partial charge >= 0.3 is 0 Å². The number of benzene rings is 8. The second-order valence-corrected chi connectivity index (χ2v) is 16.1. The molecule has 0 fully saturated rings. The summed E-state index contributed by atoms with van der Waals surface area (Å²) in [5, 5.41) is 2.36. The molecule has 0 saturated heterocycles. The van der Waals surface area contributed by atoms with Crippen molar-refractivity contribution in [1.29, 1.82) is 0 Å². The number of allylic oxidation sites excluding steroid dienone is 4. The van der Waals surface area contributed by atoms with Gasteiger partial charge in [-0.15, -0.1) is 0 Å². The van der Waals surface area contributed by atoms with Crippen molar-refractivity contribution in [3.63, 3.8) is 0 Å². The molecule has 3 aliphatic rings. The highest BCUT2D eigenvalue weighted by atomic mass is 15.1. The first-order valence-electron chi connectivity index (χ1n) is 21.0. The molecule has 12 rings (SSSR count). The molecule has 0 unspecified atom stereocenters. The smallest absolute Gasteiger partial charge is 0.160 e. The maximum absolute atomic E-state index is 5.63. The highest BCUT2D eigenvalue weighted by Crippen LogP contribution is 2.64. The molecular formula is C58H39N3. The van der Waals surface area contributed by atoms with Gasteiger partial charge in [0, 0.05) is 45.7 Å². The average molecular weight is 778 g/mol. The molecule has 61 heavy (non-hydrogen) atoms. The van der Waals surface area contributed by atoms with Gasteiger partial charge in [-0.25, -0.2) is 9.97 Å². The van der Waals surface area contributed by atoms with E-state index in [0.29, 0.717) is 0 Å². The molecule has 1 aliphatic heterocycles. The van der Waals surface area contributed by atoms with E-state index in [-0.39, 0.29) is 0 Å². The molecule has 3 heteroatoms. The second kappa shape index (κ2) is 13.9. The van der Waals surface area contributed by atoms with Crippen LogP contribution in [0.25, 0.3) is 72.5 Å². The standard InChI is InChI=1S/C58H39N3/c1-38-17-4-3-15-36-61(53-29-14-11-22-44(38)53)43-33-30-39(31-34-43)42-32-35-49-52(37-42)58(50-27-12-9-24-46(50)47-25-10-13-28-51(47)58)54-55(48-26-16-21-40-18-7-8-23-45(40)48)59-57(60-56(49)54)41-19-5-2-6-20-41/h2-35,37H,1,36H2/b15-3-,17-4-. The van der Waals surface area contributed by atoms with Crippen molar-refractivity contribution in [3.8, 4) is 56.2 Å². The molecule has 0 N–H and O–H groups in total. The van der Waals surface area contributed by atoms with Gasteiger partial charge in [0.1, 0.15) is 0 Å². The minimum Gasteiger partial charge on any atom is -0.337 e. The van der Waals surface area contributed by atoms with E-state index in [2.05, 4.69) is 218 Å². The van der Waals surface area contributed by atoms with Gasteiger partial charge in [-0.1, -0.05) is 195 Å². The Morgan fingerprint density at radius 3 is 1.89 bits per heavy atom. The normalized spacial score (nSPS) is 15.2. The lowest BCUT2D eigenvalue weighted by molar-refractivity contribution is 0.788. The highest BCUT2D eigenvalue weighted by Gasteiger charge is 2.54. The molecule has 286 valence electrons. The quantitative estimate of drug-likeness (QED) is 0.178. The molecule has 1 aromatic heterocycles. The molecule has 0 radical (unpaired) electrons. The van der Waals surface area contributed by atoms with Crippen LogP contribution in [0.4, 0.5) is 11.4 Å². The molecule has 0 amide bonds. The summed E-state index contributed by atoms with van der Waals surface area (Å²) < 4.78 is 0. The largest absolute Gasteiger partial charge is 0.337 e. The molecule has 8 aromatic carbocycles. The van der Waals surface area contributed by atoms with Gasteiger partial charge in [-0.05, 0) is 79.6 Å². The monoisotopic (exact) mass is 777 g/mol. The van der Waals surface area contributed by atoms with Gasteiger partial charge in [0.05, 0.1) is 16.8 Å². The molecule has 0 saturated carbocycles. The minimum absolute atomic E-state index is 0.662. The van der Waals surface area contributed by atoms with Crippen LogP contribution in [-0.4, -0.2) is 16.5 Å². The van der Waals surface area contributed by atoms with Crippen molar-refractivity contribution in [1.82, 2.24) is 9.97 Å². The minimum atomic E-state index is -0.662. The van der Waals surface area contributed by atoms with Crippen molar-refractivity contribution < 1.29 is 0 Å². The zero-order valence-corrected chi connectivity index (χ0v) is 33.5. The van der Waals surface area contributed by atoms with Crippen LogP contribution in [-0.2, 0) is 5.41 Å². The Kier molecular flexibility index (Phi) is 7.98. The summed E-state index contributed by atoms with van der Waals surface area (Å²) in [5.41, 5.74) is 18.6. The van der Waals surface area contributed by atoms with Crippen molar-refractivity contribution in [2.24, 2.45) is 0 Å². The lowest BCUT2D eigenvalue weighted by Gasteiger charge is -2.32. The molecular weight excluding hydrogens is 739 g/mol. The third kappa shape index (κ3) is 5.30. The van der Waals surface area contributed by atoms with Gasteiger partial charge in [0.2, 0.25) is 0 Å². The highest BCUT2D eigenvalue weighted by molar-refractivity contribution is 6.03. The van der Waals surface area contributed by atoms with E-state index < -0.39 is 5.41 Å². The third-order valence-corrected chi connectivity index (χ3v) is 12.9. The predicted molar refractivity (Wildman–Crippen MR) is 253 cm³/mol. The summed E-state index contributed by atoms with van der Waals surface area (Å²) in [7, 11) is 0. The molecule has 0 atom stereocenters. The van der Waals surface area contributed by atoms with Crippen molar-refractivity contribution in [3.05, 3.63) is 247 Å². The topological polar surface area (TPSA) is 29.0 Å². The number of para-hydroxylation sites is 1. The predicted octanol–water partition coefficient (Wildman–Crippen LogP) is 14.3. The van der Waals surface area contributed by atoms with Gasteiger partial charge in [-0.2, -0.15) is 0 Å². The first kappa shape index (κ1) is 35.1. The van der Waals surface area contributed by atoms with Gasteiger partial charge in [0.25, 0.3) is 0 Å². The molecule has 9 aromatic rings. The summed E-state index contributed by atoms with van der Waals surface area (Å²) >= 11 is 0. The van der Waals surface area contributed by atoms with E-state index in [1.807, 2.05) is 6.07 Å². The SMILES string of the molecule is C=C1/C=C\C=C/CN(c2ccc(-c3ccc4c(c3)C3(c5ccccc5-c5ccccc53)c3c-4nc(-c4ccccc4)nc3-c3cccc4ccccc34)cc2)c2ccccc21. The van der Waals surface area contributed by atoms with Gasteiger partial charge in [0.15, 0.2) is 5.82 Å². The fraction of sp³-hybridized carbons (Fsp3) is 0.0345. The molecule has 3 nitrogen and oxygen atoms in total. The van der Waals surface area contributed by atoms with Crippen LogP contribution < -0.4 is 4.90 Å². The zero-order valence-electron chi connectivity index (χ0n) is 33.5. The first-order valence-corrected chi connectivity index (χ1v) is 21.0. The Bertz CT molecular complexity index is 3250. The number of hydrogen-bond acceptors (Lipinski definition) is 3. The number of rotatable bonds is 4. The number of aromatic nitrogens is 2. The van der Waals surface area contributed by atoms with Crippen molar-refractivity contribution in [2.75, 3.05) is 11.4 Å². The summed E-state index contributed by atoms with van der Waals surface area (Å²) in [6.45, 7) is 5.13. The van der Waals surface area contributed by atoms with E-state index in [4.69, 9.17) is 9.97 Å². The Hall–Kier alpha value is -7.88. The number of hydrogen-bond donors (Lipinski definition) is 0. The lowest BCUT2D eigenvalue weighted by atomic mass is 9.69. The summed E-state index contributed by atoms with van der Waals surface area (Å²) in [4.78, 5) is 13.6. The lowest BCUT2D eigenvalue weighted by Crippen LogP contribution is -2.27. The van der Waals surface area contributed by atoms with E-state index >= 15 is 0 Å². The number of fused-ring (bicyclic) bond motifs is 12. The van der Waals surface area contributed by atoms with Crippen molar-refractivity contribution in [2.45, 2.75) is 5.41 Å². The van der Waals surface area contributed by atoms with Crippen LogP contribution in [0.2, 0.25) is 0 Å². The third-order valence-electron chi connectivity index (χ3n) is 12.9. The van der Waals surface area contributed by atoms with E-state index in [0.717, 1.165) is 79.6 Å². The maximum atomic E-state index is 5.63. The van der Waals surface area contributed by atoms with Crippen molar-refractivity contribution >= 4 is 27.7 Å². The van der Waals surface area contributed by atoms with Crippen LogP contribution in [0.5, 0.6) is 0 Å². The average Bonchev–Trinajstić information content (AvgIpc) is 3.81. The van der Waals surface area contributed by atoms with Gasteiger partial charge < -0.3 is 4.90 Å². The second-order valence-electron chi connectivity index (χ2n) is 16.1. The Labute approximate surface area is 356 Å². The number of nitrogens with zero attached hydrogens (tertiary/aromatic N) is 3. The molecule has 2 heterocycles. The maximum Gasteiger partial charge on any atom is 0.160 e. The summed E-state index contributed by atoms with van der Waals surface area (Å²) in [5.74, 6) is 0.722. The summed E-state index contributed by atoms with van der Waals surface area (Å²) in [6.07, 6.45) is 8.47. The molecule has 0 bridgehead atoms. The first-order chi connectivity index (χ1) is 30.2. The van der Waals surface area contributed by atoms with Crippen LogP contribution in [0.3, 0.4) is 0 Å². The Balaban J connectivity index is 1.10. The van der Waals surface area contributed by atoms with E-state index in [1.54, 1.807) is 0 Å². The Morgan fingerprint density at radius 2 is 1.10 bits per heavy atom.